The van der Waals surface area contributed by atoms with Gasteiger partial charge >= 0.3 is 0 Å². The number of benzene rings is 1. The van der Waals surface area contributed by atoms with Crippen LogP contribution in [-0.2, 0) is 10.0 Å². The number of hydrogen-bond acceptors (Lipinski definition) is 3. The van der Waals surface area contributed by atoms with Crippen molar-refractivity contribution >= 4 is 15.9 Å². The summed E-state index contributed by atoms with van der Waals surface area (Å²) in [5.74, 6) is -0.310. The monoisotopic (exact) mass is 270 g/mol. The lowest BCUT2D eigenvalue weighted by molar-refractivity contribution is 0.0939. The Morgan fingerprint density at radius 3 is 2.44 bits per heavy atom. The Morgan fingerprint density at radius 2 is 1.94 bits per heavy atom. The summed E-state index contributed by atoms with van der Waals surface area (Å²) in [5.41, 5.74) is 0.249. The Hall–Kier alpha value is -1.40. The van der Waals surface area contributed by atoms with E-state index in [0.717, 1.165) is 0 Å². The first-order valence-corrected chi connectivity index (χ1v) is 7.05. The number of nitrogens with one attached hydrogen (secondary N) is 1. The fourth-order valence-electron chi connectivity index (χ4n) is 1.26. The molecule has 0 radical (unpaired) electrons. The molecule has 0 saturated carbocycles. The molecule has 1 aromatic rings. The molecular weight excluding hydrogens is 252 g/mol. The van der Waals surface area contributed by atoms with E-state index in [4.69, 9.17) is 5.14 Å². The van der Waals surface area contributed by atoms with Crippen LogP contribution < -0.4 is 10.5 Å². The molecule has 0 heterocycles. The summed E-state index contributed by atoms with van der Waals surface area (Å²) in [6.07, 6.45) is 0. The molecule has 5 nitrogen and oxygen atoms in total. The van der Waals surface area contributed by atoms with E-state index in [1.165, 1.54) is 18.2 Å². The van der Waals surface area contributed by atoms with Crippen LogP contribution in [0.4, 0.5) is 0 Å². The van der Waals surface area contributed by atoms with Crippen molar-refractivity contribution in [1.82, 2.24) is 5.32 Å². The lowest BCUT2D eigenvalue weighted by Crippen LogP contribution is -2.32. The zero-order valence-electron chi connectivity index (χ0n) is 10.7. The average Bonchev–Trinajstić information content (AvgIpc) is 2.24. The van der Waals surface area contributed by atoms with Gasteiger partial charge in [0.15, 0.2) is 0 Å². The summed E-state index contributed by atoms with van der Waals surface area (Å²) in [7, 11) is -3.78. The second kappa shape index (κ2) is 5.07. The summed E-state index contributed by atoms with van der Waals surface area (Å²) in [6.45, 7) is 6.49. The van der Waals surface area contributed by atoms with Crippen molar-refractivity contribution in [3.8, 4) is 0 Å². The van der Waals surface area contributed by atoms with Gasteiger partial charge in [0.25, 0.3) is 5.91 Å². The van der Waals surface area contributed by atoms with Crippen LogP contribution in [0.5, 0.6) is 0 Å². The van der Waals surface area contributed by atoms with E-state index in [1.54, 1.807) is 6.07 Å². The molecule has 0 aliphatic heterocycles. The highest BCUT2D eigenvalue weighted by Gasteiger charge is 2.15. The first-order chi connectivity index (χ1) is 8.09. The van der Waals surface area contributed by atoms with Gasteiger partial charge in [0.05, 0.1) is 4.90 Å². The Balaban J connectivity index is 2.88. The number of carbonyl (C=O) groups is 1. The van der Waals surface area contributed by atoms with Crippen LogP contribution >= 0.6 is 0 Å². The van der Waals surface area contributed by atoms with Gasteiger partial charge in [-0.15, -0.1) is 0 Å². The largest absolute Gasteiger partial charge is 0.352 e. The minimum Gasteiger partial charge on any atom is -0.352 e. The number of amides is 1. The highest BCUT2D eigenvalue weighted by molar-refractivity contribution is 7.89. The smallest absolute Gasteiger partial charge is 0.251 e. The first-order valence-electron chi connectivity index (χ1n) is 5.51. The lowest BCUT2D eigenvalue weighted by atomic mass is 9.97. The van der Waals surface area contributed by atoms with Crippen LogP contribution in [0.25, 0.3) is 0 Å². The molecule has 0 fully saturated rings. The van der Waals surface area contributed by atoms with Gasteiger partial charge in [0.2, 0.25) is 10.0 Å². The molecule has 1 aromatic carbocycles. The van der Waals surface area contributed by atoms with Crippen LogP contribution in [-0.4, -0.2) is 20.9 Å². The molecule has 18 heavy (non-hydrogen) atoms. The van der Waals surface area contributed by atoms with Gasteiger partial charge in [-0.2, -0.15) is 0 Å². The number of rotatable bonds is 3. The summed E-state index contributed by atoms with van der Waals surface area (Å²) in [6, 6.07) is 5.67. The van der Waals surface area contributed by atoms with Gasteiger partial charge in [-0.25, -0.2) is 13.6 Å². The van der Waals surface area contributed by atoms with Crippen LogP contribution in [0.1, 0.15) is 31.1 Å². The van der Waals surface area contributed by atoms with Crippen molar-refractivity contribution in [2.24, 2.45) is 10.6 Å². The molecule has 0 aliphatic carbocycles. The predicted octanol–water partition coefficient (Wildman–Crippen LogP) is 1.11. The molecule has 1 rings (SSSR count). The third-order valence-corrected chi connectivity index (χ3v) is 3.12. The quantitative estimate of drug-likeness (QED) is 0.862. The third kappa shape index (κ3) is 4.46. The Bertz CT molecular complexity index is 545. The summed E-state index contributed by atoms with van der Waals surface area (Å²) in [5, 5.41) is 7.75. The summed E-state index contributed by atoms with van der Waals surface area (Å²) in [4.78, 5) is 11.8. The number of carbonyl (C=O) groups excluding carboxylic acids is 1. The van der Waals surface area contributed by atoms with Crippen molar-refractivity contribution in [3.05, 3.63) is 29.8 Å². The zero-order chi connectivity index (χ0) is 14.0. The van der Waals surface area contributed by atoms with Gasteiger partial charge in [-0.3, -0.25) is 4.79 Å². The maximum atomic E-state index is 11.8. The van der Waals surface area contributed by atoms with Gasteiger partial charge < -0.3 is 5.32 Å². The Kier molecular flexibility index (Phi) is 4.13. The molecule has 0 unspecified atom stereocenters. The van der Waals surface area contributed by atoms with Gasteiger partial charge in [0.1, 0.15) is 0 Å². The van der Waals surface area contributed by atoms with E-state index in [9.17, 15) is 13.2 Å². The third-order valence-electron chi connectivity index (χ3n) is 2.20. The van der Waals surface area contributed by atoms with Gasteiger partial charge in [-0.05, 0) is 23.6 Å². The van der Waals surface area contributed by atoms with Crippen LogP contribution in [0.2, 0.25) is 0 Å². The second-order valence-corrected chi connectivity index (χ2v) is 6.88. The molecule has 0 spiro atoms. The Labute approximate surface area is 107 Å². The van der Waals surface area contributed by atoms with E-state index in [2.05, 4.69) is 5.32 Å². The standard InChI is InChI=1S/C12H18N2O3S/c1-12(2,3)8-14-11(15)9-5-4-6-10(7-9)18(13,16)17/h4-7H,8H2,1-3H3,(H,14,15)(H2,13,16,17). The maximum Gasteiger partial charge on any atom is 0.251 e. The van der Waals surface area contributed by atoms with Crippen molar-refractivity contribution < 1.29 is 13.2 Å². The highest BCUT2D eigenvalue weighted by Crippen LogP contribution is 2.12. The second-order valence-electron chi connectivity index (χ2n) is 5.32. The van der Waals surface area contributed by atoms with Crippen molar-refractivity contribution in [2.75, 3.05) is 6.54 Å². The van der Waals surface area contributed by atoms with Gasteiger partial charge in [0, 0.05) is 12.1 Å². The molecule has 100 valence electrons. The van der Waals surface area contributed by atoms with Crippen molar-refractivity contribution in [2.45, 2.75) is 25.7 Å². The molecule has 6 heteroatoms. The molecule has 0 aromatic heterocycles. The number of nitrogens with two attached hydrogens (primary N) is 1. The average molecular weight is 270 g/mol. The molecule has 0 aliphatic rings. The molecule has 0 atom stereocenters. The van der Waals surface area contributed by atoms with E-state index >= 15 is 0 Å². The normalized spacial score (nSPS) is 12.2. The molecule has 0 saturated heterocycles. The van der Waals surface area contributed by atoms with Gasteiger partial charge in [-0.1, -0.05) is 26.8 Å². The van der Waals surface area contributed by atoms with Crippen LogP contribution in [0, 0.1) is 5.41 Å². The number of hydrogen-bond donors (Lipinski definition) is 2. The molecule has 0 bridgehead atoms. The minimum absolute atomic E-state index is 0.0345. The van der Waals surface area contributed by atoms with E-state index < -0.39 is 10.0 Å². The molecule has 3 N–H and O–H groups in total. The first kappa shape index (κ1) is 14.7. The summed E-state index contributed by atoms with van der Waals surface area (Å²) >= 11 is 0. The fourth-order valence-corrected chi connectivity index (χ4v) is 1.82. The Morgan fingerprint density at radius 1 is 1.33 bits per heavy atom. The van der Waals surface area contributed by atoms with Crippen LogP contribution in [0.3, 0.4) is 0 Å². The van der Waals surface area contributed by atoms with Crippen molar-refractivity contribution in [1.29, 1.82) is 0 Å². The van der Waals surface area contributed by atoms with E-state index in [-0.39, 0.29) is 21.8 Å². The van der Waals surface area contributed by atoms with Crippen molar-refractivity contribution in [3.63, 3.8) is 0 Å². The zero-order valence-corrected chi connectivity index (χ0v) is 11.5. The topological polar surface area (TPSA) is 89.3 Å². The summed E-state index contributed by atoms with van der Waals surface area (Å²) < 4.78 is 22.3. The SMILES string of the molecule is CC(C)(C)CNC(=O)c1cccc(S(N)(=O)=O)c1. The molecule has 1 amide bonds. The maximum absolute atomic E-state index is 11.8. The lowest BCUT2D eigenvalue weighted by Gasteiger charge is -2.18. The van der Waals surface area contributed by atoms with E-state index in [0.29, 0.717) is 6.54 Å². The fraction of sp³-hybridized carbons (Fsp3) is 0.417. The number of primary sulfonamides is 1. The minimum atomic E-state index is -3.78. The van der Waals surface area contributed by atoms with E-state index in [1.807, 2.05) is 20.8 Å². The van der Waals surface area contributed by atoms with Crippen LogP contribution in [0.15, 0.2) is 29.2 Å². The highest BCUT2D eigenvalue weighted by atomic mass is 32.2. The molecular formula is C12H18N2O3S. The predicted molar refractivity (Wildman–Crippen MR) is 69.6 cm³/mol. The number of sulfonamides is 1.